The zero-order valence-electron chi connectivity index (χ0n) is 29.3. The second-order valence-electron chi connectivity index (χ2n) is 12.6. The third kappa shape index (κ3) is 9.66. The summed E-state index contributed by atoms with van der Waals surface area (Å²) in [5, 5.41) is 7.79. The number of amides is 4. The van der Waals surface area contributed by atoms with Gasteiger partial charge in [0.05, 0.1) is 49.7 Å². The molecule has 0 aliphatic carbocycles. The van der Waals surface area contributed by atoms with Crippen molar-refractivity contribution in [2.45, 2.75) is 58.0 Å². The highest BCUT2D eigenvalue weighted by molar-refractivity contribution is 5.86. The number of carbonyl (C=O) groups is 4. The van der Waals surface area contributed by atoms with E-state index in [-0.39, 0.29) is 30.3 Å². The molecule has 268 valence electrons. The number of H-pyrrole nitrogens is 2. The van der Waals surface area contributed by atoms with Crippen molar-refractivity contribution in [1.82, 2.24) is 40.8 Å². The van der Waals surface area contributed by atoms with Crippen molar-refractivity contribution in [2.24, 2.45) is 5.92 Å². The highest BCUT2D eigenvalue weighted by atomic mass is 16.5. The molecule has 4 amide bonds. The maximum atomic E-state index is 13.5. The van der Waals surface area contributed by atoms with Crippen molar-refractivity contribution in [3.05, 3.63) is 71.4 Å². The van der Waals surface area contributed by atoms with Crippen LogP contribution in [0, 0.1) is 17.8 Å². The molecule has 0 saturated carbocycles. The van der Waals surface area contributed by atoms with Gasteiger partial charge in [-0.25, -0.2) is 19.6 Å². The lowest BCUT2D eigenvalue weighted by Crippen LogP contribution is -2.51. The largest absolute Gasteiger partial charge is 0.453 e. The summed E-state index contributed by atoms with van der Waals surface area (Å²) in [4.78, 5) is 66.0. The van der Waals surface area contributed by atoms with Crippen LogP contribution in [0.15, 0.2) is 48.7 Å². The van der Waals surface area contributed by atoms with Crippen LogP contribution in [0.3, 0.4) is 0 Å². The quantitative estimate of drug-likeness (QED) is 0.108. The zero-order chi connectivity index (χ0) is 36.3. The highest BCUT2D eigenvalue weighted by Crippen LogP contribution is 2.32. The van der Waals surface area contributed by atoms with Gasteiger partial charge in [-0.2, -0.15) is 0 Å². The molecular weight excluding hydrogens is 652 g/mol. The molecule has 14 heteroatoms. The van der Waals surface area contributed by atoms with Crippen molar-refractivity contribution < 1.29 is 28.7 Å². The number of rotatable bonds is 12. The first kappa shape index (κ1) is 36.4. The molecule has 14 nitrogen and oxygen atoms in total. The summed E-state index contributed by atoms with van der Waals surface area (Å²) in [6.45, 7) is 4.77. The number of alkyl carbamates (subject to hydrolysis) is 2. The highest BCUT2D eigenvalue weighted by Gasteiger charge is 2.37. The minimum absolute atomic E-state index is 0.102. The fraction of sp³-hybridized carbons (Fsp3) is 0.405. The van der Waals surface area contributed by atoms with Gasteiger partial charge in [-0.1, -0.05) is 37.8 Å². The van der Waals surface area contributed by atoms with Gasteiger partial charge in [0.1, 0.15) is 17.7 Å². The Hall–Kier alpha value is -5.84. The number of aromatic amines is 2. The number of carbonyl (C=O) groups excluding carboxylic acids is 4. The predicted molar refractivity (Wildman–Crippen MR) is 190 cm³/mol. The second kappa shape index (κ2) is 17.2. The minimum atomic E-state index is -0.685. The lowest BCUT2D eigenvalue weighted by molar-refractivity contribution is -0.135. The number of hydrogen-bond acceptors (Lipinski definition) is 8. The van der Waals surface area contributed by atoms with Gasteiger partial charge >= 0.3 is 12.2 Å². The van der Waals surface area contributed by atoms with Gasteiger partial charge in [0.25, 0.3) is 0 Å². The number of nitrogens with one attached hydrogen (secondary N) is 5. The van der Waals surface area contributed by atoms with Crippen LogP contribution in [-0.2, 0) is 25.5 Å². The molecule has 5 rings (SSSR count). The number of likely N-dealkylation sites (tertiary alicyclic amines) is 1. The van der Waals surface area contributed by atoms with Gasteiger partial charge in [0.2, 0.25) is 11.8 Å². The Balaban J connectivity index is 1.14. The van der Waals surface area contributed by atoms with Gasteiger partial charge in [0.15, 0.2) is 0 Å². The van der Waals surface area contributed by atoms with Gasteiger partial charge in [-0.05, 0) is 67.5 Å². The lowest BCUT2D eigenvalue weighted by atomic mass is 10.0. The molecule has 1 aliphatic heterocycles. The molecule has 2 aromatic heterocycles. The Morgan fingerprint density at radius 3 is 2.45 bits per heavy atom. The molecule has 4 aromatic rings. The summed E-state index contributed by atoms with van der Waals surface area (Å²) in [5.41, 5.74) is 5.29. The van der Waals surface area contributed by atoms with Crippen LogP contribution in [-0.4, -0.2) is 88.7 Å². The van der Waals surface area contributed by atoms with Crippen molar-refractivity contribution in [3.63, 3.8) is 0 Å². The third-order valence-electron chi connectivity index (χ3n) is 8.66. The second-order valence-corrected chi connectivity index (χ2v) is 12.6. The van der Waals surface area contributed by atoms with E-state index in [1.807, 2.05) is 56.3 Å². The normalized spacial score (nSPS) is 14.5. The standard InChI is InChI=1S/C37H44N8O6/c1-23(2)33(44-37(49)51-4)35(47)45-19-7-8-30(45)34-39-21-29(43-34)26-15-12-24(13-16-26)10-11-25-14-17-27-28(20-25)42-31(41-27)9-5-6-18-38-32(46)22-40-36(48)50-3/h12-17,20-21,23,30,33H,5-9,18-19,22H2,1-4H3,(H,38,46)(H,39,43)(H,40,48)(H,41,42)(H,44,49). The predicted octanol–water partition coefficient (Wildman–Crippen LogP) is 4.19. The summed E-state index contributed by atoms with van der Waals surface area (Å²) in [6, 6.07) is 12.9. The maximum Gasteiger partial charge on any atom is 0.407 e. The van der Waals surface area contributed by atoms with E-state index < -0.39 is 18.2 Å². The molecule has 1 fully saturated rings. The summed E-state index contributed by atoms with van der Waals surface area (Å²) >= 11 is 0. The molecule has 51 heavy (non-hydrogen) atoms. The Kier molecular flexibility index (Phi) is 12.3. The minimum Gasteiger partial charge on any atom is -0.453 e. The Morgan fingerprint density at radius 2 is 1.71 bits per heavy atom. The first-order valence-electron chi connectivity index (χ1n) is 17.0. The molecule has 2 unspecified atom stereocenters. The lowest BCUT2D eigenvalue weighted by Gasteiger charge is -2.30. The smallest absolute Gasteiger partial charge is 0.407 e. The summed E-state index contributed by atoms with van der Waals surface area (Å²) in [7, 11) is 2.53. The first-order valence-corrected chi connectivity index (χ1v) is 17.0. The molecular formula is C37H44N8O6. The van der Waals surface area contributed by atoms with Gasteiger partial charge in [-0.3, -0.25) is 9.59 Å². The number of nitrogens with zero attached hydrogens (tertiary/aromatic N) is 3. The van der Waals surface area contributed by atoms with Crippen molar-refractivity contribution >= 4 is 35.0 Å². The Morgan fingerprint density at radius 1 is 0.961 bits per heavy atom. The number of benzene rings is 2. The molecule has 0 bridgehead atoms. The molecule has 2 atom stereocenters. The van der Waals surface area contributed by atoms with Crippen molar-refractivity contribution in [1.29, 1.82) is 0 Å². The number of aryl methyl sites for hydroxylation is 1. The fourth-order valence-electron chi connectivity index (χ4n) is 5.91. The van der Waals surface area contributed by atoms with Crippen molar-refractivity contribution in [3.8, 4) is 23.1 Å². The topological polar surface area (TPSA) is 183 Å². The number of unbranched alkanes of at least 4 members (excludes halogenated alkanes) is 1. The van der Waals surface area contributed by atoms with E-state index in [0.717, 1.165) is 71.3 Å². The molecule has 5 N–H and O–H groups in total. The number of imidazole rings is 2. The maximum absolute atomic E-state index is 13.5. The average molecular weight is 697 g/mol. The number of ether oxygens (including phenoxy) is 2. The third-order valence-corrected chi connectivity index (χ3v) is 8.66. The van der Waals surface area contributed by atoms with Crippen LogP contribution in [0.25, 0.3) is 22.3 Å². The van der Waals surface area contributed by atoms with Crippen LogP contribution >= 0.6 is 0 Å². The van der Waals surface area contributed by atoms with Gasteiger partial charge < -0.3 is 40.3 Å². The van der Waals surface area contributed by atoms with Crippen LogP contribution in [0.2, 0.25) is 0 Å². The first-order chi connectivity index (χ1) is 24.6. The number of hydrogen-bond donors (Lipinski definition) is 5. The monoisotopic (exact) mass is 696 g/mol. The van der Waals surface area contributed by atoms with Gasteiger partial charge in [0, 0.05) is 30.6 Å². The number of fused-ring (bicyclic) bond motifs is 1. The Bertz CT molecular complexity index is 1900. The van der Waals surface area contributed by atoms with E-state index in [0.29, 0.717) is 18.9 Å². The summed E-state index contributed by atoms with van der Waals surface area (Å²) in [6.07, 6.45) is 4.48. The van der Waals surface area contributed by atoms with E-state index in [4.69, 9.17) is 4.74 Å². The van der Waals surface area contributed by atoms with E-state index in [1.165, 1.54) is 14.2 Å². The molecule has 0 radical (unpaired) electrons. The number of aromatic nitrogens is 4. The summed E-state index contributed by atoms with van der Waals surface area (Å²) < 4.78 is 9.18. The van der Waals surface area contributed by atoms with Crippen LogP contribution in [0.1, 0.15) is 68.3 Å². The molecule has 1 aliphatic rings. The molecule has 0 spiro atoms. The molecule has 2 aromatic carbocycles. The van der Waals surface area contributed by atoms with Crippen LogP contribution in [0.4, 0.5) is 9.59 Å². The summed E-state index contributed by atoms with van der Waals surface area (Å²) in [5.74, 6) is 7.54. The Labute approximate surface area is 296 Å². The van der Waals surface area contributed by atoms with E-state index in [1.54, 1.807) is 11.1 Å². The van der Waals surface area contributed by atoms with E-state index >= 15 is 0 Å². The molecule has 3 heterocycles. The van der Waals surface area contributed by atoms with E-state index in [9.17, 15) is 19.2 Å². The SMILES string of the molecule is COC(=O)NCC(=O)NCCCCc1nc2ccc(C#Cc3ccc(-c4cnc(C5CCCN5C(=O)C(NC(=O)OC)C(C)C)[nH]4)cc3)cc2[nH]1. The fourth-order valence-corrected chi connectivity index (χ4v) is 5.91. The van der Waals surface area contributed by atoms with Crippen molar-refractivity contribution in [2.75, 3.05) is 33.9 Å². The molecule has 1 saturated heterocycles. The average Bonchev–Trinajstić information content (AvgIpc) is 3.91. The van der Waals surface area contributed by atoms with Crippen LogP contribution < -0.4 is 16.0 Å². The zero-order valence-corrected chi connectivity index (χ0v) is 29.3. The van der Waals surface area contributed by atoms with Crippen LogP contribution in [0.5, 0.6) is 0 Å². The van der Waals surface area contributed by atoms with Gasteiger partial charge in [-0.15, -0.1) is 0 Å². The number of methoxy groups -OCH3 is 2. The van der Waals surface area contributed by atoms with E-state index in [2.05, 4.69) is 52.5 Å².